The Morgan fingerprint density at radius 3 is 2.44 bits per heavy atom. The summed E-state index contributed by atoms with van der Waals surface area (Å²) in [5.74, 6) is 0.639. The SMILES string of the molecule is COc1ccccc1NC(=O)COc1ccc(S(=O)(=O)NC(C)C)cc1C. The number of ether oxygens (including phenoxy) is 2. The van der Waals surface area contributed by atoms with Crippen LogP contribution in [0.25, 0.3) is 0 Å². The first-order chi connectivity index (χ1) is 12.7. The van der Waals surface area contributed by atoms with E-state index in [1.165, 1.54) is 19.2 Å². The molecule has 0 saturated carbocycles. The Balaban J connectivity index is 2.03. The predicted octanol–water partition coefficient (Wildman–Crippen LogP) is 2.71. The molecule has 0 radical (unpaired) electrons. The van der Waals surface area contributed by atoms with Crippen LogP contribution in [0.1, 0.15) is 19.4 Å². The number of amides is 1. The van der Waals surface area contributed by atoms with E-state index < -0.39 is 10.0 Å². The first-order valence-corrected chi connectivity index (χ1v) is 9.90. The van der Waals surface area contributed by atoms with Crippen molar-refractivity contribution >= 4 is 21.6 Å². The van der Waals surface area contributed by atoms with Crippen molar-refractivity contribution in [3.63, 3.8) is 0 Å². The van der Waals surface area contributed by atoms with Crippen LogP contribution in [0.3, 0.4) is 0 Å². The first-order valence-electron chi connectivity index (χ1n) is 8.41. The Labute approximate surface area is 159 Å². The molecule has 2 aromatic carbocycles. The molecule has 0 unspecified atom stereocenters. The second kappa shape index (κ2) is 8.88. The smallest absolute Gasteiger partial charge is 0.262 e. The van der Waals surface area contributed by atoms with E-state index >= 15 is 0 Å². The third-order valence-corrected chi connectivity index (χ3v) is 5.24. The lowest BCUT2D eigenvalue weighted by Gasteiger charge is -2.13. The summed E-state index contributed by atoms with van der Waals surface area (Å²) in [7, 11) is -2.05. The third-order valence-electron chi connectivity index (χ3n) is 3.59. The van der Waals surface area contributed by atoms with Crippen molar-refractivity contribution in [2.45, 2.75) is 31.7 Å². The van der Waals surface area contributed by atoms with Gasteiger partial charge in [0.05, 0.1) is 17.7 Å². The van der Waals surface area contributed by atoms with Crippen molar-refractivity contribution in [1.29, 1.82) is 0 Å². The summed E-state index contributed by atoms with van der Waals surface area (Å²) >= 11 is 0. The van der Waals surface area contributed by atoms with Gasteiger partial charge in [0.25, 0.3) is 5.91 Å². The fourth-order valence-electron chi connectivity index (χ4n) is 2.41. The highest BCUT2D eigenvalue weighted by Crippen LogP contribution is 2.24. The van der Waals surface area contributed by atoms with E-state index in [0.29, 0.717) is 22.7 Å². The topological polar surface area (TPSA) is 93.7 Å². The van der Waals surface area contributed by atoms with Crippen molar-refractivity contribution in [2.75, 3.05) is 19.0 Å². The van der Waals surface area contributed by atoms with E-state index in [1.807, 2.05) is 0 Å². The molecule has 0 bridgehead atoms. The third kappa shape index (κ3) is 5.70. The summed E-state index contributed by atoms with van der Waals surface area (Å²) in [6.45, 7) is 5.02. The van der Waals surface area contributed by atoms with Gasteiger partial charge in [0.15, 0.2) is 6.61 Å². The molecule has 0 atom stereocenters. The number of methoxy groups -OCH3 is 1. The lowest BCUT2D eigenvalue weighted by Crippen LogP contribution is -2.30. The highest BCUT2D eigenvalue weighted by atomic mass is 32.2. The van der Waals surface area contributed by atoms with Crippen molar-refractivity contribution < 1.29 is 22.7 Å². The van der Waals surface area contributed by atoms with Gasteiger partial charge in [-0.2, -0.15) is 0 Å². The molecular weight excluding hydrogens is 368 g/mol. The molecule has 2 N–H and O–H groups in total. The van der Waals surface area contributed by atoms with E-state index in [1.54, 1.807) is 51.1 Å². The number of para-hydroxylation sites is 2. The van der Waals surface area contributed by atoms with Crippen molar-refractivity contribution in [3.05, 3.63) is 48.0 Å². The van der Waals surface area contributed by atoms with Crippen LogP contribution < -0.4 is 19.5 Å². The van der Waals surface area contributed by atoms with Gasteiger partial charge in [0, 0.05) is 6.04 Å². The number of rotatable bonds is 8. The molecule has 0 fully saturated rings. The molecule has 0 saturated heterocycles. The molecule has 0 aromatic heterocycles. The van der Waals surface area contributed by atoms with Crippen LogP contribution in [0.5, 0.6) is 11.5 Å². The molecule has 146 valence electrons. The lowest BCUT2D eigenvalue weighted by molar-refractivity contribution is -0.118. The zero-order valence-electron chi connectivity index (χ0n) is 15.8. The summed E-state index contributed by atoms with van der Waals surface area (Å²) in [5.41, 5.74) is 1.17. The Kier molecular flexibility index (Phi) is 6.81. The number of benzene rings is 2. The van der Waals surface area contributed by atoms with Crippen LogP contribution >= 0.6 is 0 Å². The summed E-state index contributed by atoms with van der Waals surface area (Å²) in [6, 6.07) is 11.4. The second-order valence-electron chi connectivity index (χ2n) is 6.24. The fraction of sp³-hybridized carbons (Fsp3) is 0.316. The van der Waals surface area contributed by atoms with E-state index in [0.717, 1.165) is 0 Å². The van der Waals surface area contributed by atoms with Gasteiger partial charge in [-0.1, -0.05) is 12.1 Å². The zero-order valence-corrected chi connectivity index (χ0v) is 16.6. The van der Waals surface area contributed by atoms with E-state index in [-0.39, 0.29) is 23.5 Å². The Bertz CT molecular complexity index is 910. The van der Waals surface area contributed by atoms with Gasteiger partial charge in [-0.05, 0) is 56.7 Å². The minimum absolute atomic E-state index is 0.152. The molecule has 0 aliphatic rings. The average Bonchev–Trinajstić information content (AvgIpc) is 2.60. The van der Waals surface area contributed by atoms with Crippen LogP contribution in [0.15, 0.2) is 47.4 Å². The molecular formula is C19H24N2O5S. The van der Waals surface area contributed by atoms with Crippen LogP contribution in [0, 0.1) is 6.92 Å². The monoisotopic (exact) mass is 392 g/mol. The van der Waals surface area contributed by atoms with Gasteiger partial charge in [-0.3, -0.25) is 4.79 Å². The zero-order chi connectivity index (χ0) is 20.0. The number of anilines is 1. The Hall–Kier alpha value is -2.58. The number of hydrogen-bond acceptors (Lipinski definition) is 5. The van der Waals surface area contributed by atoms with E-state index in [4.69, 9.17) is 9.47 Å². The molecule has 2 aromatic rings. The highest BCUT2D eigenvalue weighted by molar-refractivity contribution is 7.89. The number of carbonyl (C=O) groups excluding carboxylic acids is 1. The van der Waals surface area contributed by atoms with Crippen LogP contribution in [0.2, 0.25) is 0 Å². The normalized spacial score (nSPS) is 11.3. The molecule has 0 aliphatic carbocycles. The van der Waals surface area contributed by atoms with Crippen LogP contribution in [-0.2, 0) is 14.8 Å². The standard InChI is InChI=1S/C19H24N2O5S/c1-13(2)21-27(23,24)15-9-10-17(14(3)11-15)26-12-19(22)20-16-7-5-6-8-18(16)25-4/h5-11,13,21H,12H2,1-4H3,(H,20,22). The number of nitrogens with one attached hydrogen (secondary N) is 2. The van der Waals surface area contributed by atoms with Gasteiger partial charge in [0.1, 0.15) is 11.5 Å². The number of hydrogen-bond donors (Lipinski definition) is 2. The van der Waals surface area contributed by atoms with E-state index in [9.17, 15) is 13.2 Å². The Morgan fingerprint density at radius 1 is 1.11 bits per heavy atom. The molecule has 0 aliphatic heterocycles. The summed E-state index contributed by atoms with van der Waals surface area (Å²) in [5, 5.41) is 2.71. The first kappa shape index (κ1) is 20.7. The predicted molar refractivity (Wildman–Crippen MR) is 104 cm³/mol. The maximum absolute atomic E-state index is 12.2. The van der Waals surface area contributed by atoms with Crippen molar-refractivity contribution in [1.82, 2.24) is 4.72 Å². The minimum atomic E-state index is -3.58. The largest absolute Gasteiger partial charge is 0.495 e. The lowest BCUT2D eigenvalue weighted by atomic mass is 10.2. The van der Waals surface area contributed by atoms with Gasteiger partial charge >= 0.3 is 0 Å². The van der Waals surface area contributed by atoms with E-state index in [2.05, 4.69) is 10.0 Å². The second-order valence-corrected chi connectivity index (χ2v) is 7.95. The molecule has 7 nitrogen and oxygen atoms in total. The fourth-order valence-corrected chi connectivity index (χ4v) is 3.74. The highest BCUT2D eigenvalue weighted by Gasteiger charge is 2.17. The molecule has 0 heterocycles. The maximum atomic E-state index is 12.2. The maximum Gasteiger partial charge on any atom is 0.262 e. The summed E-state index contributed by atoms with van der Waals surface area (Å²) < 4.78 is 37.6. The van der Waals surface area contributed by atoms with Gasteiger partial charge in [0.2, 0.25) is 10.0 Å². The van der Waals surface area contributed by atoms with Gasteiger partial charge < -0.3 is 14.8 Å². The van der Waals surface area contributed by atoms with Gasteiger partial charge in [-0.25, -0.2) is 13.1 Å². The summed E-state index contributed by atoms with van der Waals surface area (Å²) in [6.07, 6.45) is 0. The average molecular weight is 392 g/mol. The summed E-state index contributed by atoms with van der Waals surface area (Å²) in [4.78, 5) is 12.3. The number of aryl methyl sites for hydroxylation is 1. The van der Waals surface area contributed by atoms with Crippen LogP contribution in [-0.4, -0.2) is 34.1 Å². The Morgan fingerprint density at radius 2 is 1.81 bits per heavy atom. The molecule has 27 heavy (non-hydrogen) atoms. The molecule has 8 heteroatoms. The van der Waals surface area contributed by atoms with Crippen LogP contribution in [0.4, 0.5) is 5.69 Å². The quantitative estimate of drug-likeness (QED) is 0.720. The molecule has 0 spiro atoms. The van der Waals surface area contributed by atoms with Crippen molar-refractivity contribution in [2.24, 2.45) is 0 Å². The van der Waals surface area contributed by atoms with Crippen molar-refractivity contribution in [3.8, 4) is 11.5 Å². The number of carbonyl (C=O) groups is 1. The number of sulfonamides is 1. The molecule has 1 amide bonds. The molecule has 2 rings (SSSR count). The minimum Gasteiger partial charge on any atom is -0.495 e. The van der Waals surface area contributed by atoms with Gasteiger partial charge in [-0.15, -0.1) is 0 Å².